The summed E-state index contributed by atoms with van der Waals surface area (Å²) in [7, 11) is 0. The van der Waals surface area contributed by atoms with Gasteiger partial charge in [-0.2, -0.15) is 0 Å². The number of nitrogens with zero attached hydrogens (tertiary/aromatic N) is 1. The molecule has 0 aliphatic carbocycles. The summed E-state index contributed by atoms with van der Waals surface area (Å²) >= 11 is 6.04. The van der Waals surface area contributed by atoms with E-state index in [9.17, 15) is 4.79 Å². The van der Waals surface area contributed by atoms with Crippen LogP contribution >= 0.6 is 11.6 Å². The van der Waals surface area contributed by atoms with Crippen LogP contribution in [-0.2, 0) is 4.79 Å². The fourth-order valence-electron chi connectivity index (χ4n) is 1.62. The van der Waals surface area contributed by atoms with Crippen molar-refractivity contribution >= 4 is 28.5 Å². The minimum atomic E-state index is -0.868. The molecule has 1 N–H and O–H groups in total. The molecule has 0 amide bonds. The van der Waals surface area contributed by atoms with Crippen molar-refractivity contribution in [2.24, 2.45) is 0 Å². The van der Waals surface area contributed by atoms with Gasteiger partial charge in [0, 0.05) is 11.6 Å². The Kier molecular flexibility index (Phi) is 2.40. The summed E-state index contributed by atoms with van der Waals surface area (Å²) < 4.78 is 1.67. The molecule has 0 radical (unpaired) electrons. The molecule has 0 spiro atoms. The molecule has 0 bridgehead atoms. The van der Waals surface area contributed by atoms with E-state index in [0.717, 1.165) is 10.9 Å². The number of hydrogen-bond donors (Lipinski definition) is 1. The summed E-state index contributed by atoms with van der Waals surface area (Å²) in [5.74, 6) is -0.868. The van der Waals surface area contributed by atoms with Crippen molar-refractivity contribution < 1.29 is 9.90 Å². The molecule has 15 heavy (non-hydrogen) atoms. The maximum Gasteiger partial charge on any atom is 0.326 e. The van der Waals surface area contributed by atoms with Crippen LogP contribution in [0, 0.1) is 0 Å². The molecular formula is C11H10ClNO2. The topological polar surface area (TPSA) is 42.2 Å². The van der Waals surface area contributed by atoms with Crippen LogP contribution in [0.1, 0.15) is 13.0 Å². The number of carboxylic acids is 1. The Morgan fingerprint density at radius 1 is 1.47 bits per heavy atom. The van der Waals surface area contributed by atoms with Gasteiger partial charge in [0.1, 0.15) is 6.04 Å². The van der Waals surface area contributed by atoms with Crippen molar-refractivity contribution in [3.8, 4) is 0 Å². The first-order valence-electron chi connectivity index (χ1n) is 4.59. The van der Waals surface area contributed by atoms with Crippen LogP contribution < -0.4 is 0 Å². The van der Waals surface area contributed by atoms with Crippen LogP contribution in [0.5, 0.6) is 0 Å². The number of carboxylic acid groups (broad SMARTS) is 1. The number of para-hydroxylation sites is 1. The fraction of sp³-hybridized carbons (Fsp3) is 0.182. The largest absolute Gasteiger partial charge is 0.480 e. The Bertz CT molecular complexity index is 518. The van der Waals surface area contributed by atoms with Crippen LogP contribution in [-0.4, -0.2) is 15.6 Å². The van der Waals surface area contributed by atoms with Gasteiger partial charge in [-0.1, -0.05) is 23.7 Å². The Balaban J connectivity index is 2.67. The van der Waals surface area contributed by atoms with Crippen molar-refractivity contribution in [2.75, 3.05) is 0 Å². The van der Waals surface area contributed by atoms with Crippen LogP contribution in [0.3, 0.4) is 0 Å². The van der Waals surface area contributed by atoms with E-state index >= 15 is 0 Å². The van der Waals surface area contributed by atoms with Gasteiger partial charge < -0.3 is 9.67 Å². The second-order valence-corrected chi connectivity index (χ2v) is 3.82. The highest BCUT2D eigenvalue weighted by molar-refractivity contribution is 6.35. The monoisotopic (exact) mass is 223 g/mol. The molecule has 1 atom stereocenters. The quantitative estimate of drug-likeness (QED) is 0.851. The van der Waals surface area contributed by atoms with Gasteiger partial charge in [0.2, 0.25) is 0 Å². The van der Waals surface area contributed by atoms with Crippen molar-refractivity contribution in [3.63, 3.8) is 0 Å². The lowest BCUT2D eigenvalue weighted by Gasteiger charge is -2.10. The Morgan fingerprint density at radius 2 is 2.20 bits per heavy atom. The number of fused-ring (bicyclic) bond motifs is 1. The zero-order chi connectivity index (χ0) is 11.0. The minimum Gasteiger partial charge on any atom is -0.480 e. The third kappa shape index (κ3) is 1.59. The summed E-state index contributed by atoms with van der Waals surface area (Å²) in [5.41, 5.74) is 0.772. The number of aromatic nitrogens is 1. The number of halogens is 1. The SMILES string of the molecule is C[C@H](C(=O)O)n1ccc2cccc(Cl)c21. The lowest BCUT2D eigenvalue weighted by atomic mass is 10.2. The average Bonchev–Trinajstić information content (AvgIpc) is 2.61. The second kappa shape index (κ2) is 3.59. The summed E-state index contributed by atoms with van der Waals surface area (Å²) in [6, 6.07) is 6.77. The lowest BCUT2D eigenvalue weighted by molar-refractivity contribution is -0.140. The molecule has 0 saturated carbocycles. The van der Waals surface area contributed by atoms with Gasteiger partial charge in [0.05, 0.1) is 10.5 Å². The molecule has 0 unspecified atom stereocenters. The Labute approximate surface area is 91.9 Å². The number of rotatable bonds is 2. The molecule has 3 nitrogen and oxygen atoms in total. The Morgan fingerprint density at radius 3 is 2.87 bits per heavy atom. The number of benzene rings is 1. The van der Waals surface area contributed by atoms with Crippen LogP contribution in [0.4, 0.5) is 0 Å². The number of hydrogen-bond acceptors (Lipinski definition) is 1. The van der Waals surface area contributed by atoms with Gasteiger partial charge in [-0.3, -0.25) is 0 Å². The predicted molar refractivity (Wildman–Crippen MR) is 59.3 cm³/mol. The maximum atomic E-state index is 10.9. The van der Waals surface area contributed by atoms with E-state index in [0.29, 0.717) is 5.02 Å². The molecule has 0 aliphatic heterocycles. The molecule has 0 aliphatic rings. The fourth-order valence-corrected chi connectivity index (χ4v) is 1.90. The standard InChI is InChI=1S/C11H10ClNO2/c1-7(11(14)15)13-6-5-8-3-2-4-9(12)10(8)13/h2-7H,1H3,(H,14,15)/t7-/m1/s1. The predicted octanol–water partition coefficient (Wildman–Crippen LogP) is 2.94. The van der Waals surface area contributed by atoms with Crippen molar-refractivity contribution in [1.82, 2.24) is 4.57 Å². The molecule has 1 aromatic heterocycles. The van der Waals surface area contributed by atoms with E-state index < -0.39 is 12.0 Å². The molecule has 1 heterocycles. The van der Waals surface area contributed by atoms with Crippen LogP contribution in [0.2, 0.25) is 5.02 Å². The first-order chi connectivity index (χ1) is 7.11. The zero-order valence-electron chi connectivity index (χ0n) is 8.14. The lowest BCUT2D eigenvalue weighted by Crippen LogP contribution is -2.14. The maximum absolute atomic E-state index is 10.9. The molecular weight excluding hydrogens is 214 g/mol. The highest BCUT2D eigenvalue weighted by Gasteiger charge is 2.16. The highest BCUT2D eigenvalue weighted by Crippen LogP contribution is 2.27. The molecule has 0 fully saturated rings. The van der Waals surface area contributed by atoms with Crippen LogP contribution in [0.15, 0.2) is 30.5 Å². The van der Waals surface area contributed by atoms with Gasteiger partial charge in [0.25, 0.3) is 0 Å². The van der Waals surface area contributed by atoms with Gasteiger partial charge in [-0.15, -0.1) is 0 Å². The number of carbonyl (C=O) groups is 1. The molecule has 2 rings (SSSR count). The summed E-state index contributed by atoms with van der Waals surface area (Å²) in [6.07, 6.45) is 1.75. The van der Waals surface area contributed by atoms with E-state index in [2.05, 4.69) is 0 Å². The normalized spacial score (nSPS) is 12.9. The Hall–Kier alpha value is -1.48. The molecule has 78 valence electrons. The minimum absolute atomic E-state index is 0.575. The van der Waals surface area contributed by atoms with E-state index in [4.69, 9.17) is 16.7 Å². The molecule has 0 saturated heterocycles. The zero-order valence-corrected chi connectivity index (χ0v) is 8.90. The summed E-state index contributed by atoms with van der Waals surface area (Å²) in [6.45, 7) is 1.63. The van der Waals surface area contributed by atoms with Gasteiger partial charge in [0.15, 0.2) is 0 Å². The van der Waals surface area contributed by atoms with Crippen LogP contribution in [0.25, 0.3) is 10.9 Å². The third-order valence-electron chi connectivity index (χ3n) is 2.47. The summed E-state index contributed by atoms with van der Waals surface area (Å²) in [4.78, 5) is 10.9. The molecule has 2 aromatic rings. The first-order valence-corrected chi connectivity index (χ1v) is 4.97. The number of aliphatic carboxylic acids is 1. The smallest absolute Gasteiger partial charge is 0.326 e. The first kappa shape index (κ1) is 10.1. The van der Waals surface area contributed by atoms with E-state index in [1.807, 2.05) is 18.2 Å². The molecule has 1 aromatic carbocycles. The summed E-state index contributed by atoms with van der Waals surface area (Å²) in [5, 5.41) is 10.5. The van der Waals surface area contributed by atoms with E-state index in [1.54, 1.807) is 23.8 Å². The van der Waals surface area contributed by atoms with Gasteiger partial charge in [-0.25, -0.2) is 4.79 Å². The van der Waals surface area contributed by atoms with E-state index in [-0.39, 0.29) is 0 Å². The van der Waals surface area contributed by atoms with E-state index in [1.165, 1.54) is 0 Å². The van der Waals surface area contributed by atoms with Crippen molar-refractivity contribution in [3.05, 3.63) is 35.5 Å². The van der Waals surface area contributed by atoms with Gasteiger partial charge >= 0.3 is 5.97 Å². The second-order valence-electron chi connectivity index (χ2n) is 3.41. The average molecular weight is 224 g/mol. The molecule has 4 heteroatoms. The highest BCUT2D eigenvalue weighted by atomic mass is 35.5. The van der Waals surface area contributed by atoms with Crippen molar-refractivity contribution in [1.29, 1.82) is 0 Å². The third-order valence-corrected chi connectivity index (χ3v) is 2.77. The van der Waals surface area contributed by atoms with Gasteiger partial charge in [-0.05, 0) is 19.1 Å². The van der Waals surface area contributed by atoms with Crippen molar-refractivity contribution in [2.45, 2.75) is 13.0 Å².